The van der Waals surface area contributed by atoms with Gasteiger partial charge in [0.1, 0.15) is 5.75 Å². The Morgan fingerprint density at radius 3 is 3.11 bits per heavy atom. The fourth-order valence-electron chi connectivity index (χ4n) is 2.20. The summed E-state index contributed by atoms with van der Waals surface area (Å²) in [7, 11) is 3.61. The largest absolute Gasteiger partial charge is 0.495 e. The average Bonchev–Trinajstić information content (AvgIpc) is 2.39. The molecule has 1 aromatic carbocycles. The SMILES string of the molecule is CNCC1CN(c2cc(Cl)ccc2OC)CCO1. The van der Waals surface area contributed by atoms with E-state index in [2.05, 4.69) is 10.2 Å². The van der Waals surface area contributed by atoms with Crippen LogP contribution >= 0.6 is 11.6 Å². The van der Waals surface area contributed by atoms with Crippen molar-refractivity contribution in [1.29, 1.82) is 0 Å². The van der Waals surface area contributed by atoms with Crippen molar-refractivity contribution in [1.82, 2.24) is 5.32 Å². The Hall–Kier alpha value is -0.970. The van der Waals surface area contributed by atoms with Gasteiger partial charge in [-0.1, -0.05) is 11.6 Å². The smallest absolute Gasteiger partial charge is 0.142 e. The summed E-state index contributed by atoms with van der Waals surface area (Å²) in [5, 5.41) is 3.86. The third-order valence-electron chi connectivity index (χ3n) is 3.05. The van der Waals surface area contributed by atoms with E-state index in [1.54, 1.807) is 7.11 Å². The second-order valence-corrected chi connectivity index (χ2v) is 4.75. The first-order valence-corrected chi connectivity index (χ1v) is 6.47. The highest BCUT2D eigenvalue weighted by molar-refractivity contribution is 6.30. The molecule has 0 saturated carbocycles. The number of hydrogen-bond donors (Lipinski definition) is 1. The molecule has 1 fully saturated rings. The molecule has 0 bridgehead atoms. The Kier molecular flexibility index (Phi) is 4.69. The second-order valence-electron chi connectivity index (χ2n) is 4.31. The summed E-state index contributed by atoms with van der Waals surface area (Å²) in [5.41, 5.74) is 1.04. The van der Waals surface area contributed by atoms with Gasteiger partial charge in [0, 0.05) is 24.7 Å². The molecule has 0 spiro atoms. The Labute approximate surface area is 113 Å². The van der Waals surface area contributed by atoms with Crippen LogP contribution in [0.5, 0.6) is 5.75 Å². The lowest BCUT2D eigenvalue weighted by molar-refractivity contribution is 0.0420. The van der Waals surface area contributed by atoms with E-state index in [1.807, 2.05) is 25.2 Å². The van der Waals surface area contributed by atoms with Crippen molar-refractivity contribution in [3.63, 3.8) is 0 Å². The Bertz CT molecular complexity index is 399. The lowest BCUT2D eigenvalue weighted by atomic mass is 10.2. The van der Waals surface area contributed by atoms with E-state index in [1.165, 1.54) is 0 Å². The lowest BCUT2D eigenvalue weighted by Gasteiger charge is -2.35. The molecule has 18 heavy (non-hydrogen) atoms. The maximum atomic E-state index is 6.06. The van der Waals surface area contributed by atoms with Crippen LogP contribution in [0, 0.1) is 0 Å². The maximum Gasteiger partial charge on any atom is 0.142 e. The van der Waals surface area contributed by atoms with Gasteiger partial charge in [-0.15, -0.1) is 0 Å². The number of methoxy groups -OCH3 is 1. The van der Waals surface area contributed by atoms with Crippen LogP contribution in [-0.4, -0.2) is 46.5 Å². The van der Waals surface area contributed by atoms with E-state index < -0.39 is 0 Å². The molecule has 4 nitrogen and oxygen atoms in total. The molecule has 1 saturated heterocycles. The molecule has 1 aliphatic rings. The van der Waals surface area contributed by atoms with Crippen LogP contribution < -0.4 is 15.0 Å². The zero-order valence-electron chi connectivity index (χ0n) is 10.8. The highest BCUT2D eigenvalue weighted by Crippen LogP contribution is 2.32. The van der Waals surface area contributed by atoms with Crippen molar-refractivity contribution in [3.05, 3.63) is 23.2 Å². The van der Waals surface area contributed by atoms with E-state index in [4.69, 9.17) is 21.1 Å². The fraction of sp³-hybridized carbons (Fsp3) is 0.538. The van der Waals surface area contributed by atoms with E-state index in [0.717, 1.165) is 42.7 Å². The molecule has 1 heterocycles. The minimum absolute atomic E-state index is 0.201. The number of nitrogens with one attached hydrogen (secondary N) is 1. The van der Waals surface area contributed by atoms with Gasteiger partial charge in [0.05, 0.1) is 25.5 Å². The molecule has 1 unspecified atom stereocenters. The quantitative estimate of drug-likeness (QED) is 0.904. The predicted octanol–water partition coefficient (Wildman–Crippen LogP) is 1.77. The van der Waals surface area contributed by atoms with Crippen LogP contribution in [-0.2, 0) is 4.74 Å². The molecule has 5 heteroatoms. The van der Waals surface area contributed by atoms with Crippen molar-refractivity contribution in [2.24, 2.45) is 0 Å². The highest BCUT2D eigenvalue weighted by Gasteiger charge is 2.22. The maximum absolute atomic E-state index is 6.06. The third-order valence-corrected chi connectivity index (χ3v) is 3.29. The van der Waals surface area contributed by atoms with Gasteiger partial charge in [0.25, 0.3) is 0 Å². The number of halogens is 1. The Morgan fingerprint density at radius 1 is 1.56 bits per heavy atom. The van der Waals surface area contributed by atoms with Crippen LogP contribution in [0.2, 0.25) is 5.02 Å². The summed E-state index contributed by atoms with van der Waals surface area (Å²) in [6.45, 7) is 3.27. The van der Waals surface area contributed by atoms with E-state index in [0.29, 0.717) is 0 Å². The number of ether oxygens (including phenoxy) is 2. The average molecular weight is 271 g/mol. The van der Waals surface area contributed by atoms with Crippen molar-refractivity contribution >= 4 is 17.3 Å². The molecular weight excluding hydrogens is 252 g/mol. The number of benzene rings is 1. The molecule has 0 radical (unpaired) electrons. The van der Waals surface area contributed by atoms with Gasteiger partial charge in [0.2, 0.25) is 0 Å². The number of nitrogens with zero attached hydrogens (tertiary/aromatic N) is 1. The van der Waals surface area contributed by atoms with Gasteiger partial charge in [-0.25, -0.2) is 0 Å². The number of likely N-dealkylation sites (N-methyl/N-ethyl adjacent to an activating group) is 1. The van der Waals surface area contributed by atoms with Gasteiger partial charge >= 0.3 is 0 Å². The van der Waals surface area contributed by atoms with E-state index >= 15 is 0 Å². The van der Waals surface area contributed by atoms with Crippen LogP contribution in [0.25, 0.3) is 0 Å². The van der Waals surface area contributed by atoms with Crippen LogP contribution in [0.15, 0.2) is 18.2 Å². The molecule has 0 amide bonds. The monoisotopic (exact) mass is 270 g/mol. The van der Waals surface area contributed by atoms with E-state index in [-0.39, 0.29) is 6.10 Å². The molecule has 1 N–H and O–H groups in total. The first-order valence-electron chi connectivity index (χ1n) is 6.09. The minimum Gasteiger partial charge on any atom is -0.495 e. The van der Waals surface area contributed by atoms with Crippen molar-refractivity contribution < 1.29 is 9.47 Å². The van der Waals surface area contributed by atoms with Gasteiger partial charge in [-0.05, 0) is 25.2 Å². The number of hydrogen-bond acceptors (Lipinski definition) is 4. The normalized spacial score (nSPS) is 19.9. The molecule has 1 atom stereocenters. The molecule has 1 aliphatic heterocycles. The first-order chi connectivity index (χ1) is 8.74. The number of morpholine rings is 1. The lowest BCUT2D eigenvalue weighted by Crippen LogP contribution is -2.46. The van der Waals surface area contributed by atoms with Gasteiger partial charge < -0.3 is 19.7 Å². The summed E-state index contributed by atoms with van der Waals surface area (Å²) >= 11 is 6.06. The number of rotatable bonds is 4. The summed E-state index contributed by atoms with van der Waals surface area (Å²) in [5.74, 6) is 0.851. The summed E-state index contributed by atoms with van der Waals surface area (Å²) in [6, 6.07) is 5.69. The van der Waals surface area contributed by atoms with Gasteiger partial charge in [-0.3, -0.25) is 0 Å². The molecule has 0 aliphatic carbocycles. The predicted molar refractivity (Wildman–Crippen MR) is 73.9 cm³/mol. The molecule has 2 rings (SSSR count). The van der Waals surface area contributed by atoms with Crippen molar-refractivity contribution in [3.8, 4) is 5.75 Å². The molecule has 1 aromatic rings. The van der Waals surface area contributed by atoms with Crippen molar-refractivity contribution in [2.45, 2.75) is 6.10 Å². The Balaban J connectivity index is 2.17. The summed E-state index contributed by atoms with van der Waals surface area (Å²) < 4.78 is 11.1. The molecule has 100 valence electrons. The van der Waals surface area contributed by atoms with Crippen LogP contribution in [0.3, 0.4) is 0 Å². The molecular formula is C13H19ClN2O2. The summed E-state index contributed by atoms with van der Waals surface area (Å²) in [4.78, 5) is 2.26. The standard InChI is InChI=1S/C13H19ClN2O2/c1-15-8-11-9-16(5-6-18-11)12-7-10(14)3-4-13(12)17-2/h3-4,7,11,15H,5-6,8-9H2,1-2H3. The third kappa shape index (κ3) is 3.07. The van der Waals surface area contributed by atoms with Gasteiger partial charge in [-0.2, -0.15) is 0 Å². The second kappa shape index (κ2) is 6.27. The fourth-order valence-corrected chi connectivity index (χ4v) is 2.37. The van der Waals surface area contributed by atoms with E-state index in [9.17, 15) is 0 Å². The Morgan fingerprint density at radius 2 is 2.39 bits per heavy atom. The van der Waals surface area contributed by atoms with Crippen LogP contribution in [0.1, 0.15) is 0 Å². The zero-order valence-corrected chi connectivity index (χ0v) is 11.5. The topological polar surface area (TPSA) is 33.7 Å². The molecule has 0 aromatic heterocycles. The number of anilines is 1. The zero-order chi connectivity index (χ0) is 13.0. The van der Waals surface area contributed by atoms with Crippen molar-refractivity contribution in [2.75, 3.05) is 45.3 Å². The van der Waals surface area contributed by atoms with Gasteiger partial charge in [0.15, 0.2) is 0 Å². The summed E-state index contributed by atoms with van der Waals surface area (Å²) in [6.07, 6.45) is 0.201. The minimum atomic E-state index is 0.201. The van der Waals surface area contributed by atoms with Crippen LogP contribution in [0.4, 0.5) is 5.69 Å². The highest BCUT2D eigenvalue weighted by atomic mass is 35.5. The first kappa shape index (κ1) is 13.5.